The summed E-state index contributed by atoms with van der Waals surface area (Å²) in [5.74, 6) is -0.959. The molecule has 0 heterocycles. The maximum Gasteiger partial charge on any atom is 0.306 e. The fraction of sp³-hybridized carbons (Fsp3) is 0.641. The maximum absolute atomic E-state index is 12.8. The van der Waals surface area contributed by atoms with E-state index in [9.17, 15) is 14.4 Å². The van der Waals surface area contributed by atoms with Gasteiger partial charge in [-0.2, -0.15) is 0 Å². The second-order valence-electron chi connectivity index (χ2n) is 18.4. The molecule has 0 fully saturated rings. The van der Waals surface area contributed by atoms with E-state index in [0.717, 1.165) is 148 Å². The molecule has 0 rings (SSSR count). The van der Waals surface area contributed by atoms with Gasteiger partial charge in [0.25, 0.3) is 0 Å². The van der Waals surface area contributed by atoms with Crippen molar-refractivity contribution in [3.8, 4) is 0 Å². The molecule has 0 radical (unpaired) electrons. The molecule has 6 nitrogen and oxygen atoms in total. The lowest BCUT2D eigenvalue weighted by molar-refractivity contribution is -0.167. The summed E-state index contributed by atoms with van der Waals surface area (Å²) in [5.41, 5.74) is 0. The maximum atomic E-state index is 12.8. The first-order valence-corrected chi connectivity index (χ1v) is 28.5. The van der Waals surface area contributed by atoms with Crippen molar-refractivity contribution in [2.75, 3.05) is 13.2 Å². The minimum absolute atomic E-state index is 0.102. The minimum atomic E-state index is -0.806. The molecule has 0 aliphatic rings. The van der Waals surface area contributed by atoms with Gasteiger partial charge in [-0.1, -0.05) is 219 Å². The Kier molecular flexibility index (Phi) is 54.0. The highest BCUT2D eigenvalue weighted by atomic mass is 16.6. The van der Waals surface area contributed by atoms with E-state index in [0.29, 0.717) is 19.3 Å². The van der Waals surface area contributed by atoms with Crippen LogP contribution in [0.3, 0.4) is 0 Å². The van der Waals surface area contributed by atoms with Gasteiger partial charge in [-0.3, -0.25) is 14.4 Å². The van der Waals surface area contributed by atoms with Crippen LogP contribution in [0.2, 0.25) is 0 Å². The Bertz CT molecular complexity index is 1490. The van der Waals surface area contributed by atoms with Gasteiger partial charge < -0.3 is 14.2 Å². The molecule has 6 heteroatoms. The van der Waals surface area contributed by atoms with E-state index in [-0.39, 0.29) is 31.1 Å². The first kappa shape index (κ1) is 65.8. The van der Waals surface area contributed by atoms with Crippen LogP contribution >= 0.6 is 0 Å². The van der Waals surface area contributed by atoms with Crippen molar-refractivity contribution in [3.05, 3.63) is 122 Å². The molecule has 0 bridgehead atoms. The SMILES string of the molecule is CC/C=C\C/C=C\C/C=C\C/C=C\C/C=C\CCCCCCCCCC(=O)OCC(COC(=O)CCCCC/C=C\C/C=C\C/C=C\CC)OC(=O)CCCCCCC/C=C\C/C=C\CCCCCC. The van der Waals surface area contributed by atoms with E-state index < -0.39 is 6.10 Å². The molecule has 70 heavy (non-hydrogen) atoms. The average Bonchev–Trinajstić information content (AvgIpc) is 3.36. The molecule has 396 valence electrons. The quantitative estimate of drug-likeness (QED) is 0.0262. The molecule has 0 aliphatic heterocycles. The number of carbonyl (C=O) groups excluding carboxylic acids is 3. The van der Waals surface area contributed by atoms with Gasteiger partial charge in [0.15, 0.2) is 6.10 Å². The van der Waals surface area contributed by atoms with Crippen molar-refractivity contribution >= 4 is 17.9 Å². The fourth-order valence-corrected chi connectivity index (χ4v) is 7.45. The second kappa shape index (κ2) is 57.4. The van der Waals surface area contributed by atoms with Crippen LogP contribution in [0, 0.1) is 0 Å². The molecule has 0 N–H and O–H groups in total. The third kappa shape index (κ3) is 54.7. The van der Waals surface area contributed by atoms with Gasteiger partial charge >= 0.3 is 17.9 Å². The molecule has 0 aromatic heterocycles. The Balaban J connectivity index is 4.43. The van der Waals surface area contributed by atoms with Crippen molar-refractivity contribution in [2.45, 2.75) is 252 Å². The third-order valence-corrected chi connectivity index (χ3v) is 11.7. The molecule has 0 saturated carbocycles. The lowest BCUT2D eigenvalue weighted by atomic mass is 10.1. The second-order valence-corrected chi connectivity index (χ2v) is 18.4. The van der Waals surface area contributed by atoms with Crippen molar-refractivity contribution in [1.29, 1.82) is 0 Å². The summed E-state index contributed by atoms with van der Waals surface area (Å²) in [6.45, 7) is 6.34. The lowest BCUT2D eigenvalue weighted by Gasteiger charge is -2.18. The summed E-state index contributed by atoms with van der Waals surface area (Å²) < 4.78 is 16.8. The van der Waals surface area contributed by atoms with Crippen LogP contribution in [0.5, 0.6) is 0 Å². The largest absolute Gasteiger partial charge is 0.462 e. The number of hydrogen-bond donors (Lipinski definition) is 0. The van der Waals surface area contributed by atoms with Crippen LogP contribution in [-0.2, 0) is 28.6 Å². The normalized spacial score (nSPS) is 13.0. The predicted molar refractivity (Wildman–Crippen MR) is 302 cm³/mol. The predicted octanol–water partition coefficient (Wildman–Crippen LogP) is 19.3. The first-order valence-electron chi connectivity index (χ1n) is 28.5. The summed E-state index contributed by atoms with van der Waals surface area (Å²) in [4.78, 5) is 38.1. The summed E-state index contributed by atoms with van der Waals surface area (Å²) in [5, 5.41) is 0. The number of ether oxygens (including phenoxy) is 3. The molecule has 0 amide bonds. The van der Waals surface area contributed by atoms with E-state index >= 15 is 0 Å². The Morgan fingerprint density at radius 1 is 0.300 bits per heavy atom. The summed E-state index contributed by atoms with van der Waals surface area (Å²) >= 11 is 0. The highest BCUT2D eigenvalue weighted by molar-refractivity contribution is 5.71. The van der Waals surface area contributed by atoms with Gasteiger partial charge in [-0.05, 0) is 128 Å². The van der Waals surface area contributed by atoms with Crippen LogP contribution in [0.4, 0.5) is 0 Å². The Labute approximate surface area is 431 Å². The van der Waals surface area contributed by atoms with Gasteiger partial charge in [0.05, 0.1) is 0 Å². The average molecular weight is 970 g/mol. The molecule has 1 unspecified atom stereocenters. The van der Waals surface area contributed by atoms with Crippen LogP contribution in [0.15, 0.2) is 122 Å². The number of unbranched alkanes of at least 4 members (excludes halogenated alkanes) is 19. The molecule has 0 aliphatic carbocycles. The van der Waals surface area contributed by atoms with E-state index in [1.165, 1.54) is 57.8 Å². The highest BCUT2D eigenvalue weighted by Gasteiger charge is 2.19. The Morgan fingerprint density at radius 2 is 0.557 bits per heavy atom. The standard InChI is InChI=1S/C64H104O6/c1-4-7-10-13-16-19-22-25-27-29-30-31-32-33-34-35-37-39-42-45-48-51-54-57-63(66)69-60-61(59-68-62(65)56-53-50-47-44-41-38-24-21-18-15-12-9-6-3)70-64(67)58-55-52-49-46-43-40-36-28-26-23-20-17-14-11-8-5-2/h7,9-10,12,16,18-21,23,25,27-28,30-31,33-34,36,38,41,61H,4-6,8,11,13-15,17,22,24,26,29,32,35,37,39-40,42-60H2,1-3H3/b10-7-,12-9-,19-16-,21-18-,23-20-,27-25-,31-30-,34-33-,36-28-,41-38-. The Morgan fingerprint density at radius 3 is 0.886 bits per heavy atom. The van der Waals surface area contributed by atoms with E-state index in [2.05, 4.69) is 142 Å². The van der Waals surface area contributed by atoms with E-state index in [1.54, 1.807) is 0 Å². The molecule has 0 saturated heterocycles. The van der Waals surface area contributed by atoms with Crippen LogP contribution in [-0.4, -0.2) is 37.2 Å². The van der Waals surface area contributed by atoms with Crippen molar-refractivity contribution < 1.29 is 28.6 Å². The summed E-state index contributed by atoms with van der Waals surface area (Å²) in [6, 6.07) is 0. The van der Waals surface area contributed by atoms with Gasteiger partial charge in [0, 0.05) is 19.3 Å². The van der Waals surface area contributed by atoms with Gasteiger partial charge in [0.1, 0.15) is 13.2 Å². The molecular weight excluding hydrogens is 865 g/mol. The zero-order chi connectivity index (χ0) is 50.7. The highest BCUT2D eigenvalue weighted by Crippen LogP contribution is 2.14. The molecule has 1 atom stereocenters. The monoisotopic (exact) mass is 969 g/mol. The number of carbonyl (C=O) groups is 3. The molecule has 0 aromatic rings. The van der Waals surface area contributed by atoms with E-state index in [4.69, 9.17) is 14.2 Å². The summed E-state index contributed by atoms with van der Waals surface area (Å²) in [6.07, 6.45) is 79.0. The van der Waals surface area contributed by atoms with Gasteiger partial charge in [-0.25, -0.2) is 0 Å². The van der Waals surface area contributed by atoms with E-state index in [1.807, 2.05) is 0 Å². The molecule has 0 aromatic carbocycles. The first-order chi connectivity index (χ1) is 34.5. The van der Waals surface area contributed by atoms with Crippen molar-refractivity contribution in [3.63, 3.8) is 0 Å². The van der Waals surface area contributed by atoms with Crippen molar-refractivity contribution in [2.24, 2.45) is 0 Å². The van der Waals surface area contributed by atoms with Crippen LogP contribution in [0.25, 0.3) is 0 Å². The van der Waals surface area contributed by atoms with Crippen LogP contribution in [0.1, 0.15) is 245 Å². The fourth-order valence-electron chi connectivity index (χ4n) is 7.45. The molecular formula is C64H104O6. The number of rotatable bonds is 50. The van der Waals surface area contributed by atoms with Gasteiger partial charge in [-0.15, -0.1) is 0 Å². The molecule has 0 spiro atoms. The van der Waals surface area contributed by atoms with Crippen molar-refractivity contribution in [1.82, 2.24) is 0 Å². The number of esters is 3. The number of hydrogen-bond acceptors (Lipinski definition) is 6. The Hall–Kier alpha value is -4.19. The topological polar surface area (TPSA) is 78.9 Å². The van der Waals surface area contributed by atoms with Crippen LogP contribution < -0.4 is 0 Å². The number of allylic oxidation sites excluding steroid dienone is 20. The third-order valence-electron chi connectivity index (χ3n) is 11.7. The smallest absolute Gasteiger partial charge is 0.306 e. The zero-order valence-electron chi connectivity index (χ0n) is 45.2. The minimum Gasteiger partial charge on any atom is -0.462 e. The zero-order valence-corrected chi connectivity index (χ0v) is 45.2. The summed E-state index contributed by atoms with van der Waals surface area (Å²) in [7, 11) is 0. The lowest BCUT2D eigenvalue weighted by Crippen LogP contribution is -2.30. The van der Waals surface area contributed by atoms with Gasteiger partial charge in [0.2, 0.25) is 0 Å².